The molecule has 0 aromatic rings. The first-order valence-electron chi connectivity index (χ1n) is 3.73. The van der Waals surface area contributed by atoms with Crippen molar-refractivity contribution in [3.8, 4) is 0 Å². The highest BCUT2D eigenvalue weighted by atomic mass is 16.4. The maximum absolute atomic E-state index is 11.2. The highest BCUT2D eigenvalue weighted by molar-refractivity contribution is 5.91. The van der Waals surface area contributed by atoms with Crippen molar-refractivity contribution in [1.29, 1.82) is 0 Å². The molecule has 0 fully saturated rings. The number of nitrogens with zero attached hydrogens (tertiary/aromatic N) is 1. The van der Waals surface area contributed by atoms with Gasteiger partial charge in [0.25, 0.3) is 0 Å². The third kappa shape index (κ3) is 1.47. The van der Waals surface area contributed by atoms with E-state index in [1.807, 2.05) is 0 Å². The van der Waals surface area contributed by atoms with E-state index in [4.69, 9.17) is 5.11 Å². The van der Waals surface area contributed by atoms with Crippen LogP contribution in [0.2, 0.25) is 0 Å². The number of hydrogen-bond acceptors (Lipinski definition) is 2. The monoisotopic (exact) mass is 169 g/mol. The lowest BCUT2D eigenvalue weighted by atomic mass is 9.97. The van der Waals surface area contributed by atoms with E-state index in [1.54, 1.807) is 14.0 Å². The van der Waals surface area contributed by atoms with Gasteiger partial charge in [-0.25, -0.2) is 4.79 Å². The van der Waals surface area contributed by atoms with Gasteiger partial charge >= 0.3 is 5.97 Å². The molecule has 1 unspecified atom stereocenters. The SMILES string of the molecule is CC1CC(C(=O)O)=CN(C)C1=O. The van der Waals surface area contributed by atoms with Crippen LogP contribution >= 0.6 is 0 Å². The summed E-state index contributed by atoms with van der Waals surface area (Å²) in [6.07, 6.45) is 1.71. The van der Waals surface area contributed by atoms with Crippen molar-refractivity contribution in [1.82, 2.24) is 4.90 Å². The van der Waals surface area contributed by atoms with E-state index in [9.17, 15) is 9.59 Å². The Hall–Kier alpha value is -1.32. The van der Waals surface area contributed by atoms with Crippen LogP contribution in [0.4, 0.5) is 0 Å². The zero-order valence-electron chi connectivity index (χ0n) is 7.07. The van der Waals surface area contributed by atoms with Crippen molar-refractivity contribution in [3.05, 3.63) is 11.8 Å². The summed E-state index contributed by atoms with van der Waals surface area (Å²) in [6.45, 7) is 1.73. The number of hydrogen-bond donors (Lipinski definition) is 1. The number of carbonyl (C=O) groups excluding carboxylic acids is 1. The fraction of sp³-hybridized carbons (Fsp3) is 0.500. The number of carboxylic acids is 1. The van der Waals surface area contributed by atoms with Crippen LogP contribution < -0.4 is 0 Å². The second kappa shape index (κ2) is 2.97. The molecule has 0 aromatic carbocycles. The van der Waals surface area contributed by atoms with E-state index in [1.165, 1.54) is 11.1 Å². The standard InChI is InChI=1S/C8H11NO3/c1-5-3-6(8(11)12)4-9(2)7(5)10/h4-5H,3H2,1-2H3,(H,11,12). The predicted molar refractivity (Wildman–Crippen MR) is 42.3 cm³/mol. The summed E-state index contributed by atoms with van der Waals surface area (Å²) >= 11 is 0. The van der Waals surface area contributed by atoms with E-state index in [2.05, 4.69) is 0 Å². The van der Waals surface area contributed by atoms with E-state index < -0.39 is 5.97 Å². The van der Waals surface area contributed by atoms with Gasteiger partial charge in [-0.05, 0) is 6.42 Å². The van der Waals surface area contributed by atoms with Gasteiger partial charge < -0.3 is 10.0 Å². The van der Waals surface area contributed by atoms with Crippen LogP contribution in [0.1, 0.15) is 13.3 Å². The van der Waals surface area contributed by atoms with Crippen LogP contribution in [0, 0.1) is 5.92 Å². The number of aliphatic carboxylic acids is 1. The fourth-order valence-electron chi connectivity index (χ4n) is 1.26. The van der Waals surface area contributed by atoms with Crippen LogP contribution in [-0.4, -0.2) is 28.9 Å². The molecule has 12 heavy (non-hydrogen) atoms. The van der Waals surface area contributed by atoms with Crippen molar-refractivity contribution in [2.45, 2.75) is 13.3 Å². The molecule has 4 nitrogen and oxygen atoms in total. The fourth-order valence-corrected chi connectivity index (χ4v) is 1.26. The Bertz CT molecular complexity index is 257. The molecule has 1 amide bonds. The molecule has 0 saturated carbocycles. The van der Waals surface area contributed by atoms with Gasteiger partial charge in [0.05, 0.1) is 5.57 Å². The summed E-state index contributed by atoms with van der Waals surface area (Å²) in [4.78, 5) is 23.1. The molecule has 0 spiro atoms. The highest BCUT2D eigenvalue weighted by Gasteiger charge is 2.25. The van der Waals surface area contributed by atoms with Gasteiger partial charge in [0.2, 0.25) is 5.91 Å². The molecule has 0 bridgehead atoms. The largest absolute Gasteiger partial charge is 0.478 e. The molecule has 66 valence electrons. The summed E-state index contributed by atoms with van der Waals surface area (Å²) < 4.78 is 0. The Labute approximate surface area is 70.5 Å². The number of carbonyl (C=O) groups is 2. The maximum atomic E-state index is 11.2. The topological polar surface area (TPSA) is 57.6 Å². The third-order valence-corrected chi connectivity index (χ3v) is 1.92. The van der Waals surface area contributed by atoms with E-state index in [-0.39, 0.29) is 11.8 Å². The highest BCUT2D eigenvalue weighted by Crippen LogP contribution is 2.19. The van der Waals surface area contributed by atoms with Crippen LogP contribution in [-0.2, 0) is 9.59 Å². The molecule has 0 saturated heterocycles. The Kier molecular flexibility index (Phi) is 2.17. The van der Waals surface area contributed by atoms with Crippen molar-refractivity contribution in [2.75, 3.05) is 7.05 Å². The van der Waals surface area contributed by atoms with Gasteiger partial charge in [0.1, 0.15) is 0 Å². The second-order valence-corrected chi connectivity index (χ2v) is 3.01. The van der Waals surface area contributed by atoms with Gasteiger partial charge in [-0.1, -0.05) is 6.92 Å². The van der Waals surface area contributed by atoms with Crippen LogP contribution in [0.15, 0.2) is 11.8 Å². The number of carboxylic acid groups (broad SMARTS) is 1. The van der Waals surface area contributed by atoms with Crippen molar-refractivity contribution in [3.63, 3.8) is 0 Å². The molecule has 1 aliphatic heterocycles. The normalized spacial score (nSPS) is 23.8. The van der Waals surface area contributed by atoms with Crippen molar-refractivity contribution < 1.29 is 14.7 Å². The Morgan fingerprint density at radius 3 is 2.75 bits per heavy atom. The Morgan fingerprint density at radius 1 is 1.75 bits per heavy atom. The quantitative estimate of drug-likeness (QED) is 0.620. The van der Waals surface area contributed by atoms with Crippen LogP contribution in [0.25, 0.3) is 0 Å². The average Bonchev–Trinajstić information content (AvgIpc) is 1.99. The molecule has 1 aliphatic rings. The second-order valence-electron chi connectivity index (χ2n) is 3.01. The van der Waals surface area contributed by atoms with Gasteiger partial charge in [-0.3, -0.25) is 4.79 Å². The first-order chi connectivity index (χ1) is 5.52. The zero-order valence-corrected chi connectivity index (χ0v) is 7.07. The molecular weight excluding hydrogens is 158 g/mol. The minimum absolute atomic E-state index is 0.0278. The van der Waals surface area contributed by atoms with Gasteiger partial charge in [-0.2, -0.15) is 0 Å². The van der Waals surface area contributed by atoms with Crippen LogP contribution in [0.5, 0.6) is 0 Å². The molecule has 0 radical (unpaired) electrons. The molecule has 1 atom stereocenters. The lowest BCUT2D eigenvalue weighted by molar-refractivity contribution is -0.135. The molecule has 1 rings (SSSR count). The maximum Gasteiger partial charge on any atom is 0.333 e. The predicted octanol–water partition coefficient (Wildman–Crippen LogP) is 0.453. The molecule has 0 aliphatic carbocycles. The first kappa shape index (κ1) is 8.77. The Morgan fingerprint density at radius 2 is 2.33 bits per heavy atom. The van der Waals surface area contributed by atoms with E-state index in [0.29, 0.717) is 12.0 Å². The number of rotatable bonds is 1. The van der Waals surface area contributed by atoms with Gasteiger partial charge in [0, 0.05) is 19.2 Å². The molecular formula is C8H11NO3. The minimum Gasteiger partial charge on any atom is -0.478 e. The van der Waals surface area contributed by atoms with Gasteiger partial charge in [-0.15, -0.1) is 0 Å². The lowest BCUT2D eigenvalue weighted by Crippen LogP contribution is -2.33. The first-order valence-corrected chi connectivity index (χ1v) is 3.73. The minimum atomic E-state index is -0.943. The summed E-state index contributed by atoms with van der Waals surface area (Å²) in [5.74, 6) is -1.19. The zero-order chi connectivity index (χ0) is 9.30. The van der Waals surface area contributed by atoms with E-state index >= 15 is 0 Å². The summed E-state index contributed by atoms with van der Waals surface area (Å²) in [6, 6.07) is 0. The summed E-state index contributed by atoms with van der Waals surface area (Å²) in [7, 11) is 1.57. The van der Waals surface area contributed by atoms with Crippen molar-refractivity contribution >= 4 is 11.9 Å². The van der Waals surface area contributed by atoms with Crippen LogP contribution in [0.3, 0.4) is 0 Å². The molecule has 1 N–H and O–H groups in total. The average molecular weight is 169 g/mol. The molecule has 0 aromatic heterocycles. The van der Waals surface area contributed by atoms with Gasteiger partial charge in [0.15, 0.2) is 0 Å². The molecule has 4 heteroatoms. The molecule has 1 heterocycles. The lowest BCUT2D eigenvalue weighted by Gasteiger charge is -2.23. The third-order valence-electron chi connectivity index (χ3n) is 1.92. The van der Waals surface area contributed by atoms with E-state index in [0.717, 1.165) is 0 Å². The summed E-state index contributed by atoms with van der Waals surface area (Å²) in [5, 5.41) is 8.65. The summed E-state index contributed by atoms with van der Waals surface area (Å²) in [5.41, 5.74) is 0.296. The Balaban J connectivity index is 2.88. The number of amides is 1. The smallest absolute Gasteiger partial charge is 0.333 e. The van der Waals surface area contributed by atoms with Crippen molar-refractivity contribution in [2.24, 2.45) is 5.92 Å².